The minimum Gasteiger partial charge on any atom is -0.378 e. The number of hydrogen-bond acceptors (Lipinski definition) is 5. The standard InChI is InChI=1S/C20H21Cl2N3OS/c21-16-6-3-14(9-17(16)22)19-12-27-20(18-11-26-8-7-24-18)25(19)15-4-1-13(10-23)2-5-15/h1-6,9,12,18,20,24H,7-8,10-11,23H2. The van der Waals surface area contributed by atoms with Gasteiger partial charge in [-0.15, -0.1) is 11.8 Å². The number of nitrogens with two attached hydrogens (primary N) is 1. The Balaban J connectivity index is 1.71. The zero-order valence-electron chi connectivity index (χ0n) is 14.7. The van der Waals surface area contributed by atoms with Gasteiger partial charge in [-0.3, -0.25) is 0 Å². The molecule has 2 heterocycles. The summed E-state index contributed by atoms with van der Waals surface area (Å²) >= 11 is 14.2. The van der Waals surface area contributed by atoms with Gasteiger partial charge in [-0.05, 0) is 35.2 Å². The van der Waals surface area contributed by atoms with Crippen molar-refractivity contribution in [2.45, 2.75) is 18.0 Å². The van der Waals surface area contributed by atoms with Crippen molar-refractivity contribution in [3.63, 3.8) is 0 Å². The van der Waals surface area contributed by atoms with Gasteiger partial charge in [0.05, 0.1) is 35.0 Å². The summed E-state index contributed by atoms with van der Waals surface area (Å²) in [5, 5.41) is 7.09. The van der Waals surface area contributed by atoms with Crippen LogP contribution < -0.4 is 16.0 Å². The topological polar surface area (TPSA) is 50.5 Å². The van der Waals surface area contributed by atoms with Gasteiger partial charge in [0.25, 0.3) is 0 Å². The Morgan fingerprint density at radius 3 is 2.63 bits per heavy atom. The Hall–Kier alpha value is -1.21. The van der Waals surface area contributed by atoms with Crippen LogP contribution in [0.15, 0.2) is 47.9 Å². The molecule has 2 aromatic rings. The molecule has 2 aliphatic heterocycles. The van der Waals surface area contributed by atoms with Crippen LogP contribution in [0.5, 0.6) is 0 Å². The lowest BCUT2D eigenvalue weighted by Gasteiger charge is -2.36. The molecule has 0 saturated carbocycles. The molecular weight excluding hydrogens is 401 g/mol. The lowest BCUT2D eigenvalue weighted by atomic mass is 10.1. The van der Waals surface area contributed by atoms with Crippen molar-refractivity contribution in [1.29, 1.82) is 0 Å². The molecular formula is C20H21Cl2N3OS. The molecule has 2 unspecified atom stereocenters. The van der Waals surface area contributed by atoms with Crippen LogP contribution in [0.2, 0.25) is 10.0 Å². The van der Waals surface area contributed by atoms with Gasteiger partial charge in [0.15, 0.2) is 0 Å². The van der Waals surface area contributed by atoms with Crippen LogP contribution >= 0.6 is 35.0 Å². The maximum Gasteiger partial charge on any atom is 0.102 e. The normalized spacial score (nSPS) is 22.8. The molecule has 0 radical (unpaired) electrons. The van der Waals surface area contributed by atoms with Crippen molar-refractivity contribution in [3.05, 3.63) is 69.0 Å². The lowest BCUT2D eigenvalue weighted by Crippen LogP contribution is -2.52. The number of thioether (sulfide) groups is 1. The number of rotatable bonds is 4. The number of morpholine rings is 1. The molecule has 1 fully saturated rings. The quantitative estimate of drug-likeness (QED) is 0.769. The molecule has 0 aliphatic carbocycles. The summed E-state index contributed by atoms with van der Waals surface area (Å²) in [6.45, 7) is 2.85. The molecule has 27 heavy (non-hydrogen) atoms. The molecule has 7 heteroatoms. The fourth-order valence-electron chi connectivity index (χ4n) is 3.37. The largest absolute Gasteiger partial charge is 0.378 e. The summed E-state index contributed by atoms with van der Waals surface area (Å²) in [7, 11) is 0. The summed E-state index contributed by atoms with van der Waals surface area (Å²) in [5.41, 5.74) is 10.1. The first-order valence-electron chi connectivity index (χ1n) is 8.88. The van der Waals surface area contributed by atoms with Crippen molar-refractivity contribution in [2.24, 2.45) is 5.73 Å². The average molecular weight is 422 g/mol. The van der Waals surface area contributed by atoms with Crippen LogP contribution in [-0.2, 0) is 11.3 Å². The monoisotopic (exact) mass is 421 g/mol. The Kier molecular flexibility index (Phi) is 5.97. The molecule has 142 valence electrons. The smallest absolute Gasteiger partial charge is 0.102 e. The van der Waals surface area contributed by atoms with Gasteiger partial charge in [0, 0.05) is 24.3 Å². The molecule has 2 atom stereocenters. The van der Waals surface area contributed by atoms with E-state index in [0.717, 1.165) is 35.7 Å². The molecule has 4 nitrogen and oxygen atoms in total. The number of ether oxygens (including phenoxy) is 1. The van der Waals surface area contributed by atoms with Crippen LogP contribution in [0.1, 0.15) is 11.1 Å². The SMILES string of the molecule is NCc1ccc(N2C(c3ccc(Cl)c(Cl)c3)=CSC2C2COCCN2)cc1. The van der Waals surface area contributed by atoms with E-state index in [-0.39, 0.29) is 11.4 Å². The maximum absolute atomic E-state index is 6.28. The second kappa shape index (κ2) is 8.43. The fraction of sp³-hybridized carbons (Fsp3) is 0.300. The second-order valence-electron chi connectivity index (χ2n) is 6.53. The van der Waals surface area contributed by atoms with Gasteiger partial charge in [0.1, 0.15) is 5.37 Å². The lowest BCUT2D eigenvalue weighted by molar-refractivity contribution is 0.0768. The van der Waals surface area contributed by atoms with Crippen molar-refractivity contribution in [1.82, 2.24) is 5.32 Å². The van der Waals surface area contributed by atoms with Gasteiger partial charge in [-0.25, -0.2) is 0 Å². The van der Waals surface area contributed by atoms with Crippen LogP contribution in [0.3, 0.4) is 0 Å². The van der Waals surface area contributed by atoms with E-state index in [9.17, 15) is 0 Å². The summed E-state index contributed by atoms with van der Waals surface area (Å²) in [6, 6.07) is 14.4. The van der Waals surface area contributed by atoms with Crippen molar-refractivity contribution >= 4 is 46.3 Å². The Morgan fingerprint density at radius 1 is 1.15 bits per heavy atom. The average Bonchev–Trinajstić information content (AvgIpc) is 3.16. The van der Waals surface area contributed by atoms with E-state index in [1.165, 1.54) is 0 Å². The van der Waals surface area contributed by atoms with Crippen LogP contribution in [-0.4, -0.2) is 31.2 Å². The van der Waals surface area contributed by atoms with Crippen LogP contribution in [0, 0.1) is 0 Å². The maximum atomic E-state index is 6.28. The number of benzene rings is 2. The highest BCUT2D eigenvalue weighted by Gasteiger charge is 2.36. The number of nitrogens with one attached hydrogen (secondary N) is 1. The molecule has 2 aromatic carbocycles. The van der Waals surface area contributed by atoms with Gasteiger partial charge in [-0.1, -0.05) is 41.4 Å². The highest BCUT2D eigenvalue weighted by atomic mass is 35.5. The number of hydrogen-bond donors (Lipinski definition) is 2. The highest BCUT2D eigenvalue weighted by Crippen LogP contribution is 2.43. The third-order valence-corrected chi connectivity index (χ3v) is 6.71. The predicted molar refractivity (Wildman–Crippen MR) is 115 cm³/mol. The molecule has 0 aromatic heterocycles. The van der Waals surface area contributed by atoms with Gasteiger partial charge >= 0.3 is 0 Å². The minimum absolute atomic E-state index is 0.193. The molecule has 0 spiro atoms. The number of anilines is 1. The first-order valence-corrected chi connectivity index (χ1v) is 10.6. The van der Waals surface area contributed by atoms with E-state index in [4.69, 9.17) is 33.7 Å². The van der Waals surface area contributed by atoms with Gasteiger partial charge < -0.3 is 20.7 Å². The zero-order chi connectivity index (χ0) is 18.8. The first-order chi connectivity index (χ1) is 13.2. The molecule has 3 N–H and O–H groups in total. The molecule has 4 rings (SSSR count). The van der Waals surface area contributed by atoms with E-state index < -0.39 is 0 Å². The number of halogens is 2. The highest BCUT2D eigenvalue weighted by molar-refractivity contribution is 8.03. The first kappa shape index (κ1) is 19.1. The van der Waals surface area contributed by atoms with Gasteiger partial charge in [-0.2, -0.15) is 0 Å². The summed E-state index contributed by atoms with van der Waals surface area (Å²) in [6.07, 6.45) is 0. The zero-order valence-corrected chi connectivity index (χ0v) is 17.0. The summed E-state index contributed by atoms with van der Waals surface area (Å²) in [4.78, 5) is 2.34. The molecule has 2 aliphatic rings. The summed E-state index contributed by atoms with van der Waals surface area (Å²) in [5.74, 6) is 0. The van der Waals surface area contributed by atoms with E-state index in [0.29, 0.717) is 23.2 Å². The second-order valence-corrected chi connectivity index (χ2v) is 8.34. The third-order valence-electron chi connectivity index (χ3n) is 4.79. The molecule has 0 amide bonds. The predicted octanol–water partition coefficient (Wildman–Crippen LogP) is 4.32. The summed E-state index contributed by atoms with van der Waals surface area (Å²) < 4.78 is 5.71. The Morgan fingerprint density at radius 2 is 1.96 bits per heavy atom. The van der Waals surface area contributed by atoms with E-state index in [2.05, 4.69) is 39.9 Å². The fourth-order valence-corrected chi connectivity index (χ4v) is 4.91. The third kappa shape index (κ3) is 3.99. The van der Waals surface area contributed by atoms with Crippen molar-refractivity contribution in [2.75, 3.05) is 24.7 Å². The molecule has 0 bridgehead atoms. The Bertz CT molecular complexity index is 838. The van der Waals surface area contributed by atoms with E-state index in [1.807, 2.05) is 18.2 Å². The van der Waals surface area contributed by atoms with Crippen LogP contribution in [0.25, 0.3) is 5.70 Å². The van der Waals surface area contributed by atoms with Crippen molar-refractivity contribution in [3.8, 4) is 0 Å². The van der Waals surface area contributed by atoms with E-state index in [1.54, 1.807) is 11.8 Å². The minimum atomic E-state index is 0.193. The number of nitrogens with zero attached hydrogens (tertiary/aromatic N) is 1. The Labute approximate surface area is 173 Å². The van der Waals surface area contributed by atoms with Crippen LogP contribution in [0.4, 0.5) is 5.69 Å². The molecule has 1 saturated heterocycles. The van der Waals surface area contributed by atoms with Crippen molar-refractivity contribution < 1.29 is 4.74 Å². The van der Waals surface area contributed by atoms with Gasteiger partial charge in [0.2, 0.25) is 0 Å². The van der Waals surface area contributed by atoms with E-state index >= 15 is 0 Å².